The minimum Gasteiger partial charge on any atom is -0.337 e. The van der Waals surface area contributed by atoms with Gasteiger partial charge in [-0.3, -0.25) is 9.69 Å². The van der Waals surface area contributed by atoms with Crippen LogP contribution in [0.25, 0.3) is 0 Å². The van der Waals surface area contributed by atoms with E-state index in [1.54, 1.807) is 0 Å². The van der Waals surface area contributed by atoms with Crippen molar-refractivity contribution in [3.8, 4) is 0 Å². The highest BCUT2D eigenvalue weighted by molar-refractivity contribution is 7.10. The molecule has 2 aliphatic rings. The summed E-state index contributed by atoms with van der Waals surface area (Å²) in [6.45, 7) is 7.67. The largest absolute Gasteiger partial charge is 0.337 e. The van der Waals surface area contributed by atoms with Crippen LogP contribution >= 0.6 is 11.3 Å². The third-order valence-electron chi connectivity index (χ3n) is 4.18. The molecule has 104 valence electrons. The molecule has 0 bridgehead atoms. The second kappa shape index (κ2) is 5.61. The Morgan fingerprint density at radius 2 is 2.16 bits per heavy atom. The Labute approximate surface area is 118 Å². The van der Waals surface area contributed by atoms with E-state index in [2.05, 4.69) is 28.6 Å². The minimum absolute atomic E-state index is 0.0160. The molecule has 1 saturated heterocycles. The van der Waals surface area contributed by atoms with Gasteiger partial charge in [0.1, 0.15) is 0 Å². The summed E-state index contributed by atoms with van der Waals surface area (Å²) in [6, 6.07) is 2.18. The Kier molecular flexibility index (Phi) is 3.86. The predicted octanol–water partition coefficient (Wildman–Crippen LogP) is 0.926. The van der Waals surface area contributed by atoms with Crippen LogP contribution in [0, 0.1) is 0 Å². The average molecular weight is 279 g/mol. The smallest absolute Gasteiger partial charge is 0.239 e. The van der Waals surface area contributed by atoms with Gasteiger partial charge < -0.3 is 10.2 Å². The Balaban J connectivity index is 1.64. The zero-order valence-corrected chi connectivity index (χ0v) is 12.2. The lowest BCUT2D eigenvalue weighted by atomic mass is 10.1. The van der Waals surface area contributed by atoms with Crippen molar-refractivity contribution in [3.63, 3.8) is 0 Å². The quantitative estimate of drug-likeness (QED) is 0.875. The van der Waals surface area contributed by atoms with Gasteiger partial charge in [-0.25, -0.2) is 0 Å². The van der Waals surface area contributed by atoms with Gasteiger partial charge in [0.15, 0.2) is 0 Å². The van der Waals surface area contributed by atoms with Gasteiger partial charge in [0.2, 0.25) is 5.91 Å². The number of hydrogen-bond donors (Lipinski definition) is 1. The first-order valence-corrected chi connectivity index (χ1v) is 7.92. The van der Waals surface area contributed by atoms with Crippen LogP contribution in [0.15, 0.2) is 11.4 Å². The van der Waals surface area contributed by atoms with Crippen molar-refractivity contribution in [1.82, 2.24) is 15.1 Å². The number of nitrogens with one attached hydrogen (secondary N) is 1. The van der Waals surface area contributed by atoms with Crippen LogP contribution in [0.4, 0.5) is 0 Å². The lowest BCUT2D eigenvalue weighted by molar-refractivity contribution is -0.137. The number of nitrogens with zero attached hydrogens (tertiary/aromatic N) is 2. The van der Waals surface area contributed by atoms with E-state index in [1.807, 2.05) is 16.2 Å². The lowest BCUT2D eigenvalue weighted by Gasteiger charge is -2.36. The van der Waals surface area contributed by atoms with Crippen molar-refractivity contribution in [3.05, 3.63) is 21.9 Å². The van der Waals surface area contributed by atoms with Gasteiger partial charge in [-0.1, -0.05) is 0 Å². The van der Waals surface area contributed by atoms with E-state index in [1.165, 1.54) is 10.4 Å². The van der Waals surface area contributed by atoms with E-state index >= 15 is 0 Å². The molecule has 4 nitrogen and oxygen atoms in total. The Morgan fingerprint density at radius 3 is 2.95 bits per heavy atom. The third-order valence-corrected chi connectivity index (χ3v) is 5.20. The lowest BCUT2D eigenvalue weighted by Crippen LogP contribution is -2.54. The summed E-state index contributed by atoms with van der Waals surface area (Å²) in [5, 5.41) is 5.47. The molecule has 1 aromatic rings. The van der Waals surface area contributed by atoms with Gasteiger partial charge in [0, 0.05) is 44.1 Å². The second-order valence-electron chi connectivity index (χ2n) is 5.34. The fraction of sp³-hybridized carbons (Fsp3) is 0.643. The van der Waals surface area contributed by atoms with Crippen LogP contribution in [0.1, 0.15) is 17.4 Å². The van der Waals surface area contributed by atoms with E-state index < -0.39 is 0 Å². The Bertz CT molecular complexity index is 453. The molecule has 1 unspecified atom stereocenters. The molecule has 1 fully saturated rings. The molecule has 1 amide bonds. The number of carbonyl (C=O) groups excluding carboxylic acids is 1. The van der Waals surface area contributed by atoms with Crippen LogP contribution in [0.3, 0.4) is 0 Å². The molecule has 2 aliphatic heterocycles. The molecule has 0 radical (unpaired) electrons. The first-order chi connectivity index (χ1) is 9.25. The molecule has 3 heterocycles. The zero-order chi connectivity index (χ0) is 13.2. The van der Waals surface area contributed by atoms with Gasteiger partial charge in [0.25, 0.3) is 0 Å². The summed E-state index contributed by atoms with van der Waals surface area (Å²) in [5.74, 6) is 0.291. The molecule has 0 spiro atoms. The maximum atomic E-state index is 12.6. The molecule has 5 heteroatoms. The number of amides is 1. The van der Waals surface area contributed by atoms with E-state index in [-0.39, 0.29) is 6.04 Å². The van der Waals surface area contributed by atoms with Crippen molar-refractivity contribution in [1.29, 1.82) is 0 Å². The van der Waals surface area contributed by atoms with Gasteiger partial charge in [-0.2, -0.15) is 0 Å². The van der Waals surface area contributed by atoms with Crippen LogP contribution < -0.4 is 5.32 Å². The normalized spacial score (nSPS) is 22.1. The van der Waals surface area contributed by atoms with Gasteiger partial charge in [-0.05, 0) is 30.4 Å². The van der Waals surface area contributed by atoms with Gasteiger partial charge >= 0.3 is 0 Å². The molecular weight excluding hydrogens is 258 g/mol. The van der Waals surface area contributed by atoms with Crippen LogP contribution in [0.2, 0.25) is 0 Å². The number of fused-ring (bicyclic) bond motifs is 1. The van der Waals surface area contributed by atoms with E-state index in [0.717, 1.165) is 45.7 Å². The molecule has 0 aromatic carbocycles. The van der Waals surface area contributed by atoms with E-state index in [9.17, 15) is 4.79 Å². The first-order valence-electron chi connectivity index (χ1n) is 7.04. The molecule has 1 atom stereocenters. The monoisotopic (exact) mass is 279 g/mol. The number of hydrogen-bond acceptors (Lipinski definition) is 4. The highest BCUT2D eigenvalue weighted by atomic mass is 32.1. The summed E-state index contributed by atoms with van der Waals surface area (Å²) in [4.78, 5) is 18.4. The van der Waals surface area contributed by atoms with E-state index in [0.29, 0.717) is 5.91 Å². The molecule has 0 saturated carbocycles. The number of carbonyl (C=O) groups is 1. The SMILES string of the molecule is CC(C(=O)N1CCc2sccc2C1)N1CCNCC1. The summed E-state index contributed by atoms with van der Waals surface area (Å²) >= 11 is 1.82. The summed E-state index contributed by atoms with van der Waals surface area (Å²) in [7, 11) is 0. The zero-order valence-electron chi connectivity index (χ0n) is 11.4. The van der Waals surface area contributed by atoms with Crippen molar-refractivity contribution in [2.24, 2.45) is 0 Å². The maximum Gasteiger partial charge on any atom is 0.239 e. The van der Waals surface area contributed by atoms with Crippen LogP contribution in [0.5, 0.6) is 0 Å². The summed E-state index contributed by atoms with van der Waals surface area (Å²) < 4.78 is 0. The molecule has 19 heavy (non-hydrogen) atoms. The van der Waals surface area contributed by atoms with Crippen molar-refractivity contribution < 1.29 is 4.79 Å². The Hall–Kier alpha value is -0.910. The van der Waals surface area contributed by atoms with Crippen LogP contribution in [-0.2, 0) is 17.8 Å². The molecule has 0 aliphatic carbocycles. The fourth-order valence-electron chi connectivity index (χ4n) is 2.93. The molecule has 1 aromatic heterocycles. The highest BCUT2D eigenvalue weighted by Crippen LogP contribution is 2.24. The number of rotatable bonds is 2. The Morgan fingerprint density at radius 1 is 1.37 bits per heavy atom. The second-order valence-corrected chi connectivity index (χ2v) is 6.34. The minimum atomic E-state index is 0.0160. The molecular formula is C14H21N3OS. The van der Waals surface area contributed by atoms with Crippen molar-refractivity contribution in [2.75, 3.05) is 32.7 Å². The number of thiophene rings is 1. The standard InChI is InChI=1S/C14H21N3OS/c1-11(16-7-4-15-5-8-16)14(18)17-6-2-13-12(10-17)3-9-19-13/h3,9,11,15H,2,4-8,10H2,1H3. The topological polar surface area (TPSA) is 35.6 Å². The van der Waals surface area contributed by atoms with Gasteiger partial charge in [0.05, 0.1) is 6.04 Å². The average Bonchev–Trinajstić information content (AvgIpc) is 2.94. The number of piperazine rings is 1. The van der Waals surface area contributed by atoms with Crippen LogP contribution in [-0.4, -0.2) is 54.5 Å². The van der Waals surface area contributed by atoms with Crippen molar-refractivity contribution >= 4 is 17.2 Å². The van der Waals surface area contributed by atoms with Crippen molar-refractivity contribution in [2.45, 2.75) is 25.9 Å². The molecule has 1 N–H and O–H groups in total. The first kappa shape index (κ1) is 13.1. The van der Waals surface area contributed by atoms with E-state index in [4.69, 9.17) is 0 Å². The highest BCUT2D eigenvalue weighted by Gasteiger charge is 2.29. The maximum absolute atomic E-state index is 12.6. The summed E-state index contributed by atoms with van der Waals surface area (Å²) in [5.41, 5.74) is 1.34. The third kappa shape index (κ3) is 2.68. The fourth-order valence-corrected chi connectivity index (χ4v) is 3.82. The predicted molar refractivity (Wildman–Crippen MR) is 77.3 cm³/mol. The van der Waals surface area contributed by atoms with Gasteiger partial charge in [-0.15, -0.1) is 11.3 Å². The summed E-state index contributed by atoms with van der Waals surface area (Å²) in [6.07, 6.45) is 1.02. The molecule has 3 rings (SSSR count).